The molecule has 0 radical (unpaired) electrons. The predicted octanol–water partition coefficient (Wildman–Crippen LogP) is 5.50. The zero-order valence-electron chi connectivity index (χ0n) is 16.0. The van der Waals surface area contributed by atoms with Gasteiger partial charge in [0.1, 0.15) is 11.5 Å². The summed E-state index contributed by atoms with van der Waals surface area (Å²) in [5.74, 6) is 1.80. The molecule has 3 heteroatoms. The summed E-state index contributed by atoms with van der Waals surface area (Å²) in [5, 5.41) is 10.5. The number of aliphatic hydroxyl groups excluding tert-OH is 1. The molecule has 0 aliphatic heterocycles. The second kappa shape index (κ2) is 9.24. The van der Waals surface area contributed by atoms with E-state index >= 15 is 0 Å². The number of rotatable bonds is 8. The third-order valence-electron chi connectivity index (χ3n) is 4.55. The van der Waals surface area contributed by atoms with Gasteiger partial charge in [-0.1, -0.05) is 68.4 Å². The van der Waals surface area contributed by atoms with E-state index in [2.05, 4.69) is 23.1 Å². The van der Waals surface area contributed by atoms with E-state index in [-0.39, 0.29) is 5.92 Å². The van der Waals surface area contributed by atoms with Crippen molar-refractivity contribution in [1.82, 2.24) is 0 Å². The average molecular weight is 361 g/mol. The van der Waals surface area contributed by atoms with Crippen molar-refractivity contribution in [3.63, 3.8) is 0 Å². The Labute approximate surface area is 161 Å². The molecule has 0 amide bonds. The fourth-order valence-electron chi connectivity index (χ4n) is 2.87. The Morgan fingerprint density at radius 1 is 0.815 bits per heavy atom. The van der Waals surface area contributed by atoms with E-state index in [1.165, 1.54) is 5.56 Å². The number of ether oxygens (including phenoxy) is 1. The van der Waals surface area contributed by atoms with Crippen molar-refractivity contribution in [3.05, 3.63) is 90.5 Å². The van der Waals surface area contributed by atoms with E-state index in [0.717, 1.165) is 23.7 Å². The number of para-hydroxylation sites is 1. The minimum atomic E-state index is -0.396. The molecule has 0 spiro atoms. The van der Waals surface area contributed by atoms with Crippen LogP contribution in [-0.4, -0.2) is 17.8 Å². The highest BCUT2D eigenvalue weighted by atomic mass is 16.5. The van der Waals surface area contributed by atoms with Gasteiger partial charge in [0, 0.05) is 24.8 Å². The van der Waals surface area contributed by atoms with Gasteiger partial charge in [-0.25, -0.2) is 0 Å². The highest BCUT2D eigenvalue weighted by Gasteiger charge is 2.16. The van der Waals surface area contributed by atoms with E-state index in [0.29, 0.717) is 6.54 Å². The molecule has 0 bridgehead atoms. The lowest BCUT2D eigenvalue weighted by molar-refractivity contribution is 0.130. The molecule has 0 aliphatic carbocycles. The molecule has 0 saturated heterocycles. The highest BCUT2D eigenvalue weighted by molar-refractivity contribution is 5.52. The summed E-state index contributed by atoms with van der Waals surface area (Å²) in [7, 11) is 0. The van der Waals surface area contributed by atoms with Gasteiger partial charge in [0.2, 0.25) is 0 Å². The topological polar surface area (TPSA) is 32.7 Å². The van der Waals surface area contributed by atoms with Crippen LogP contribution in [0.25, 0.3) is 0 Å². The smallest absolute Gasteiger partial charge is 0.129 e. The van der Waals surface area contributed by atoms with Crippen molar-refractivity contribution < 1.29 is 9.84 Å². The maximum absolute atomic E-state index is 10.5. The van der Waals surface area contributed by atoms with E-state index in [9.17, 15) is 5.11 Å². The van der Waals surface area contributed by atoms with Crippen LogP contribution in [0.3, 0.4) is 0 Å². The normalized spacial score (nSPS) is 12.0. The number of aliphatic hydroxyl groups is 1. The molecular formula is C24H27NO2. The van der Waals surface area contributed by atoms with Crippen molar-refractivity contribution in [2.75, 3.05) is 11.4 Å². The van der Waals surface area contributed by atoms with Crippen LogP contribution in [0.4, 0.5) is 5.69 Å². The highest BCUT2D eigenvalue weighted by Crippen LogP contribution is 2.27. The summed E-state index contributed by atoms with van der Waals surface area (Å²) in [5.41, 5.74) is 2.25. The Balaban J connectivity index is 1.83. The molecular weight excluding hydrogens is 334 g/mol. The molecule has 0 fully saturated rings. The van der Waals surface area contributed by atoms with Crippen LogP contribution >= 0.6 is 0 Å². The van der Waals surface area contributed by atoms with Crippen LogP contribution in [-0.2, 0) is 6.54 Å². The molecule has 3 nitrogen and oxygen atoms in total. The van der Waals surface area contributed by atoms with Crippen LogP contribution in [0.1, 0.15) is 19.4 Å². The van der Waals surface area contributed by atoms with Crippen LogP contribution < -0.4 is 9.64 Å². The van der Waals surface area contributed by atoms with Crippen LogP contribution in [0, 0.1) is 5.92 Å². The Morgan fingerprint density at radius 3 is 2.11 bits per heavy atom. The number of hydrogen-bond acceptors (Lipinski definition) is 3. The quantitative estimate of drug-likeness (QED) is 0.575. The summed E-state index contributed by atoms with van der Waals surface area (Å²) in [6.07, 6.45) is -0.396. The first-order valence-corrected chi connectivity index (χ1v) is 9.42. The number of nitrogens with zero attached hydrogens (tertiary/aromatic N) is 1. The number of anilines is 1. The van der Waals surface area contributed by atoms with Crippen LogP contribution in [0.5, 0.6) is 11.5 Å². The molecule has 0 aromatic heterocycles. The van der Waals surface area contributed by atoms with Crippen molar-refractivity contribution in [3.8, 4) is 11.5 Å². The zero-order chi connectivity index (χ0) is 19.1. The van der Waals surface area contributed by atoms with Gasteiger partial charge in [0.25, 0.3) is 0 Å². The van der Waals surface area contributed by atoms with Crippen LogP contribution in [0.2, 0.25) is 0 Å². The Kier molecular flexibility index (Phi) is 6.50. The Morgan fingerprint density at radius 2 is 1.44 bits per heavy atom. The van der Waals surface area contributed by atoms with Crippen molar-refractivity contribution in [1.29, 1.82) is 0 Å². The lowest BCUT2D eigenvalue weighted by atomic mass is 10.1. The lowest BCUT2D eigenvalue weighted by Crippen LogP contribution is -2.34. The Bertz CT molecular complexity index is 818. The van der Waals surface area contributed by atoms with Gasteiger partial charge in [0.15, 0.2) is 0 Å². The fraction of sp³-hybridized carbons (Fsp3) is 0.250. The standard InChI is InChI=1S/C24H27NO2/c1-19(2)24(26)18-25(17-20-10-5-3-6-11-20)21-12-9-15-23(16-21)27-22-13-7-4-8-14-22/h3-16,19,24,26H,17-18H2,1-2H3. The molecule has 27 heavy (non-hydrogen) atoms. The van der Waals surface area contributed by atoms with Crippen molar-refractivity contribution >= 4 is 5.69 Å². The summed E-state index contributed by atoms with van der Waals surface area (Å²) < 4.78 is 5.98. The average Bonchev–Trinajstić information content (AvgIpc) is 2.69. The van der Waals surface area contributed by atoms with Crippen LogP contribution in [0.15, 0.2) is 84.9 Å². The van der Waals surface area contributed by atoms with E-state index < -0.39 is 6.10 Å². The lowest BCUT2D eigenvalue weighted by Gasteiger charge is -2.29. The van der Waals surface area contributed by atoms with Gasteiger partial charge in [-0.2, -0.15) is 0 Å². The molecule has 0 saturated carbocycles. The first-order valence-electron chi connectivity index (χ1n) is 9.42. The minimum absolute atomic E-state index is 0.201. The van der Waals surface area contributed by atoms with Gasteiger partial charge in [-0.05, 0) is 35.7 Å². The molecule has 3 aromatic rings. The van der Waals surface area contributed by atoms with Gasteiger partial charge in [-0.3, -0.25) is 0 Å². The van der Waals surface area contributed by atoms with Crippen molar-refractivity contribution in [2.45, 2.75) is 26.5 Å². The summed E-state index contributed by atoms with van der Waals surface area (Å²) in [6.45, 7) is 5.39. The molecule has 140 valence electrons. The number of benzene rings is 3. The maximum atomic E-state index is 10.5. The second-order valence-corrected chi connectivity index (χ2v) is 7.09. The summed E-state index contributed by atoms with van der Waals surface area (Å²) in [4.78, 5) is 2.21. The minimum Gasteiger partial charge on any atom is -0.457 e. The largest absolute Gasteiger partial charge is 0.457 e. The molecule has 1 unspecified atom stereocenters. The monoisotopic (exact) mass is 361 g/mol. The van der Waals surface area contributed by atoms with E-state index in [1.54, 1.807) is 0 Å². The number of hydrogen-bond donors (Lipinski definition) is 1. The first kappa shape index (κ1) is 19.0. The molecule has 0 aliphatic rings. The Hall–Kier alpha value is -2.78. The third kappa shape index (κ3) is 5.60. The van der Waals surface area contributed by atoms with Gasteiger partial charge >= 0.3 is 0 Å². The predicted molar refractivity (Wildman–Crippen MR) is 111 cm³/mol. The summed E-state index contributed by atoms with van der Waals surface area (Å²) >= 11 is 0. The van der Waals surface area contributed by atoms with Crippen molar-refractivity contribution in [2.24, 2.45) is 5.92 Å². The van der Waals surface area contributed by atoms with E-state index in [1.807, 2.05) is 80.6 Å². The van der Waals surface area contributed by atoms with Gasteiger partial charge in [-0.15, -0.1) is 0 Å². The first-order chi connectivity index (χ1) is 13.1. The van der Waals surface area contributed by atoms with Gasteiger partial charge in [0.05, 0.1) is 6.10 Å². The fourth-order valence-corrected chi connectivity index (χ4v) is 2.87. The molecule has 1 atom stereocenters. The maximum Gasteiger partial charge on any atom is 0.129 e. The second-order valence-electron chi connectivity index (χ2n) is 7.09. The molecule has 0 heterocycles. The van der Waals surface area contributed by atoms with Gasteiger partial charge < -0.3 is 14.7 Å². The zero-order valence-corrected chi connectivity index (χ0v) is 16.0. The molecule has 3 aromatic carbocycles. The SMILES string of the molecule is CC(C)C(O)CN(Cc1ccccc1)c1cccc(Oc2ccccc2)c1. The molecule has 1 N–H and O–H groups in total. The third-order valence-corrected chi connectivity index (χ3v) is 4.55. The van der Waals surface area contributed by atoms with E-state index in [4.69, 9.17) is 4.74 Å². The molecule has 3 rings (SSSR count). The summed E-state index contributed by atoms with van der Waals surface area (Å²) in [6, 6.07) is 28.1.